The fourth-order valence-electron chi connectivity index (χ4n) is 2.04. The van der Waals surface area contributed by atoms with Crippen LogP contribution in [0.5, 0.6) is 0 Å². The van der Waals surface area contributed by atoms with Gasteiger partial charge in [-0.2, -0.15) is 0 Å². The van der Waals surface area contributed by atoms with Crippen LogP contribution in [-0.4, -0.2) is 25.5 Å². The van der Waals surface area contributed by atoms with Crippen LogP contribution in [0.3, 0.4) is 0 Å². The summed E-state index contributed by atoms with van der Waals surface area (Å²) < 4.78 is 24.6. The Bertz CT molecular complexity index is 892. The third-order valence-corrected chi connectivity index (χ3v) is 3.71. The van der Waals surface area contributed by atoms with Crippen LogP contribution >= 0.6 is 0 Å². The fraction of sp³-hybridized carbons (Fsp3) is 0.133. The molecule has 9 heteroatoms. The van der Waals surface area contributed by atoms with Gasteiger partial charge < -0.3 is 5.32 Å². The molecule has 0 spiro atoms. The smallest absolute Gasteiger partial charge is 0.272 e. The number of hydrogen-bond donors (Lipinski definition) is 2. The number of aryl methyl sites for hydroxylation is 1. The Kier molecular flexibility index (Phi) is 4.84. The van der Waals surface area contributed by atoms with Gasteiger partial charge in [-0.05, 0) is 43.3 Å². The van der Waals surface area contributed by atoms with Gasteiger partial charge in [-0.1, -0.05) is 0 Å². The highest BCUT2D eigenvalue weighted by Crippen LogP contribution is 2.20. The van der Waals surface area contributed by atoms with E-state index >= 15 is 0 Å². The van der Waals surface area contributed by atoms with Gasteiger partial charge in [0.25, 0.3) is 11.6 Å². The van der Waals surface area contributed by atoms with E-state index in [0.29, 0.717) is 16.9 Å². The largest absolute Gasteiger partial charge is 0.322 e. The zero-order chi connectivity index (χ0) is 17.9. The number of benzene rings is 2. The lowest BCUT2D eigenvalue weighted by molar-refractivity contribution is -0.385. The number of amides is 1. The molecule has 2 rings (SSSR count). The molecule has 0 fully saturated rings. The van der Waals surface area contributed by atoms with E-state index in [1.807, 2.05) is 0 Å². The number of rotatable bonds is 5. The number of carbonyl (C=O) groups excluding carboxylic acids is 1. The van der Waals surface area contributed by atoms with Crippen molar-refractivity contribution in [1.82, 2.24) is 0 Å². The normalized spacial score (nSPS) is 10.9. The van der Waals surface area contributed by atoms with Gasteiger partial charge in [0.05, 0.1) is 11.2 Å². The molecule has 0 heterocycles. The number of sulfonamides is 1. The molecule has 0 atom stereocenters. The summed E-state index contributed by atoms with van der Waals surface area (Å²) in [5, 5.41) is 13.4. The van der Waals surface area contributed by atoms with E-state index in [1.54, 1.807) is 19.1 Å². The Morgan fingerprint density at radius 2 is 1.67 bits per heavy atom. The maximum Gasteiger partial charge on any atom is 0.272 e. The molecular formula is C15H15N3O5S. The predicted molar refractivity (Wildman–Crippen MR) is 90.7 cm³/mol. The Morgan fingerprint density at radius 1 is 1.08 bits per heavy atom. The molecule has 0 unspecified atom stereocenters. The SMILES string of the molecule is Cc1cc(C(=O)Nc2ccc(NS(C)(=O)=O)cc2)ccc1[N+](=O)[O-]. The molecule has 0 saturated heterocycles. The van der Waals surface area contributed by atoms with Crippen molar-refractivity contribution in [3.8, 4) is 0 Å². The number of nitrogens with zero attached hydrogens (tertiary/aromatic N) is 1. The summed E-state index contributed by atoms with van der Waals surface area (Å²) in [6, 6.07) is 10.2. The molecule has 2 N–H and O–H groups in total. The van der Waals surface area contributed by atoms with E-state index in [0.717, 1.165) is 6.26 Å². The summed E-state index contributed by atoms with van der Waals surface area (Å²) in [4.78, 5) is 22.4. The van der Waals surface area contributed by atoms with Gasteiger partial charge in [0.2, 0.25) is 10.0 Å². The first-order chi connectivity index (χ1) is 11.2. The topological polar surface area (TPSA) is 118 Å². The molecule has 0 radical (unpaired) electrons. The second-order valence-corrected chi connectivity index (χ2v) is 6.91. The van der Waals surface area contributed by atoms with E-state index in [4.69, 9.17) is 0 Å². The Hall–Kier alpha value is -2.94. The van der Waals surface area contributed by atoms with Gasteiger partial charge >= 0.3 is 0 Å². The lowest BCUT2D eigenvalue weighted by Crippen LogP contribution is -2.13. The third-order valence-electron chi connectivity index (χ3n) is 3.10. The van der Waals surface area contributed by atoms with Crippen LogP contribution in [0.25, 0.3) is 0 Å². The van der Waals surface area contributed by atoms with Crippen LogP contribution in [-0.2, 0) is 10.0 Å². The molecule has 1 amide bonds. The zero-order valence-electron chi connectivity index (χ0n) is 12.9. The summed E-state index contributed by atoms with van der Waals surface area (Å²) in [6.45, 7) is 1.56. The Labute approximate surface area is 138 Å². The van der Waals surface area contributed by atoms with E-state index in [1.165, 1.54) is 30.3 Å². The molecule has 2 aromatic rings. The summed E-state index contributed by atoms with van der Waals surface area (Å²) in [6.07, 6.45) is 1.04. The minimum Gasteiger partial charge on any atom is -0.322 e. The van der Waals surface area contributed by atoms with Crippen LogP contribution in [0, 0.1) is 17.0 Å². The van der Waals surface area contributed by atoms with Crippen LogP contribution in [0.1, 0.15) is 15.9 Å². The van der Waals surface area contributed by atoms with Gasteiger partial charge in [0.1, 0.15) is 0 Å². The first kappa shape index (κ1) is 17.4. The van der Waals surface area contributed by atoms with Crippen molar-refractivity contribution in [3.05, 3.63) is 63.7 Å². The van der Waals surface area contributed by atoms with E-state index in [-0.39, 0.29) is 11.3 Å². The molecule has 0 aromatic heterocycles. The van der Waals surface area contributed by atoms with Crippen molar-refractivity contribution >= 4 is 33.0 Å². The van der Waals surface area contributed by atoms with Crippen molar-refractivity contribution in [2.75, 3.05) is 16.3 Å². The number of anilines is 2. The molecule has 24 heavy (non-hydrogen) atoms. The first-order valence-corrected chi connectivity index (χ1v) is 8.69. The van der Waals surface area contributed by atoms with Gasteiger partial charge in [0.15, 0.2) is 0 Å². The number of nitro benzene ring substituents is 1. The maximum atomic E-state index is 12.2. The number of nitro groups is 1. The van der Waals surface area contributed by atoms with Crippen molar-refractivity contribution in [3.63, 3.8) is 0 Å². The van der Waals surface area contributed by atoms with E-state index < -0.39 is 20.9 Å². The second kappa shape index (κ2) is 6.67. The van der Waals surface area contributed by atoms with E-state index in [2.05, 4.69) is 10.0 Å². The molecule has 2 aromatic carbocycles. The standard InChI is InChI=1S/C15H15N3O5S/c1-10-9-11(3-8-14(10)18(20)21)15(19)16-12-4-6-13(7-5-12)17-24(2,22)23/h3-9,17H,1-2H3,(H,16,19). The van der Waals surface area contributed by atoms with Crippen molar-refractivity contribution in [2.45, 2.75) is 6.92 Å². The number of carbonyl (C=O) groups is 1. The first-order valence-electron chi connectivity index (χ1n) is 6.80. The Morgan fingerprint density at radius 3 is 2.17 bits per heavy atom. The summed E-state index contributed by atoms with van der Waals surface area (Å²) >= 11 is 0. The highest BCUT2D eigenvalue weighted by atomic mass is 32.2. The molecule has 0 aliphatic heterocycles. The number of nitrogens with one attached hydrogen (secondary N) is 2. The maximum absolute atomic E-state index is 12.2. The average Bonchev–Trinajstić information content (AvgIpc) is 2.47. The molecule has 0 saturated carbocycles. The lowest BCUT2D eigenvalue weighted by Gasteiger charge is -2.08. The van der Waals surface area contributed by atoms with Crippen molar-refractivity contribution in [2.24, 2.45) is 0 Å². The van der Waals surface area contributed by atoms with Crippen LogP contribution in [0.4, 0.5) is 17.1 Å². The number of hydrogen-bond acceptors (Lipinski definition) is 5. The zero-order valence-corrected chi connectivity index (χ0v) is 13.8. The molecule has 0 bridgehead atoms. The van der Waals surface area contributed by atoms with Crippen LogP contribution in [0.15, 0.2) is 42.5 Å². The third kappa shape index (κ3) is 4.53. The Balaban J connectivity index is 2.12. The van der Waals surface area contributed by atoms with Crippen molar-refractivity contribution < 1.29 is 18.1 Å². The fourth-order valence-corrected chi connectivity index (χ4v) is 2.60. The van der Waals surface area contributed by atoms with Gasteiger partial charge in [0, 0.05) is 28.6 Å². The van der Waals surface area contributed by atoms with Crippen molar-refractivity contribution in [1.29, 1.82) is 0 Å². The summed E-state index contributed by atoms with van der Waals surface area (Å²) in [5.74, 6) is -0.420. The minimum absolute atomic E-state index is 0.0530. The molecular weight excluding hydrogens is 334 g/mol. The summed E-state index contributed by atoms with van der Waals surface area (Å²) in [5.41, 5.74) is 1.47. The monoisotopic (exact) mass is 349 g/mol. The van der Waals surface area contributed by atoms with Gasteiger partial charge in [-0.3, -0.25) is 19.6 Å². The molecule has 8 nitrogen and oxygen atoms in total. The van der Waals surface area contributed by atoms with E-state index in [9.17, 15) is 23.3 Å². The molecule has 0 aliphatic carbocycles. The highest BCUT2D eigenvalue weighted by Gasteiger charge is 2.14. The van der Waals surface area contributed by atoms with Gasteiger partial charge in [-0.25, -0.2) is 8.42 Å². The second-order valence-electron chi connectivity index (χ2n) is 5.16. The lowest BCUT2D eigenvalue weighted by atomic mass is 10.1. The molecule has 0 aliphatic rings. The summed E-state index contributed by atoms with van der Waals surface area (Å²) in [7, 11) is -3.36. The highest BCUT2D eigenvalue weighted by molar-refractivity contribution is 7.92. The quantitative estimate of drug-likeness (QED) is 0.635. The average molecular weight is 349 g/mol. The molecule has 126 valence electrons. The van der Waals surface area contributed by atoms with Crippen LogP contribution < -0.4 is 10.0 Å². The van der Waals surface area contributed by atoms with Gasteiger partial charge in [-0.15, -0.1) is 0 Å². The minimum atomic E-state index is -3.36. The predicted octanol–water partition coefficient (Wildman–Crippen LogP) is 2.53. The van der Waals surface area contributed by atoms with Crippen LogP contribution in [0.2, 0.25) is 0 Å².